The Kier molecular flexibility index (Phi) is 6.30. The summed E-state index contributed by atoms with van der Waals surface area (Å²) in [6.45, 7) is 3.10. The van der Waals surface area contributed by atoms with Gasteiger partial charge in [0.25, 0.3) is 0 Å². The van der Waals surface area contributed by atoms with Crippen LogP contribution in [0.25, 0.3) is 0 Å². The maximum atomic E-state index is 5.84. The molecule has 0 N–H and O–H groups in total. The molecular formula is C14H22ClNO2. The zero-order chi connectivity index (χ0) is 13.5. The summed E-state index contributed by atoms with van der Waals surface area (Å²) >= 11 is 5.84. The molecule has 0 heterocycles. The standard InChI is InChI=1S/C14H22ClNO2/c1-11(10-15)16(2)8-7-12-5-6-13(17-3)14(9-12)18-4/h5-6,9,11H,7-8,10H2,1-4H3. The second-order valence-corrected chi connectivity index (χ2v) is 4.73. The van der Waals surface area contributed by atoms with Crippen LogP contribution in [0.3, 0.4) is 0 Å². The van der Waals surface area contributed by atoms with Crippen LogP contribution >= 0.6 is 11.6 Å². The predicted molar refractivity (Wildman–Crippen MR) is 76.1 cm³/mol. The number of rotatable bonds is 7. The van der Waals surface area contributed by atoms with E-state index in [1.807, 2.05) is 12.1 Å². The number of methoxy groups -OCH3 is 2. The first-order valence-corrected chi connectivity index (χ1v) is 6.63. The van der Waals surface area contributed by atoms with Crippen molar-refractivity contribution >= 4 is 11.6 Å². The summed E-state index contributed by atoms with van der Waals surface area (Å²) < 4.78 is 10.5. The quantitative estimate of drug-likeness (QED) is 0.712. The van der Waals surface area contributed by atoms with Gasteiger partial charge in [-0.15, -0.1) is 11.6 Å². The molecule has 3 nitrogen and oxygen atoms in total. The first-order valence-electron chi connectivity index (χ1n) is 6.09. The Balaban J connectivity index is 2.63. The Morgan fingerprint density at radius 2 is 1.89 bits per heavy atom. The summed E-state index contributed by atoms with van der Waals surface area (Å²) in [5, 5.41) is 0. The fraction of sp³-hybridized carbons (Fsp3) is 0.571. The minimum absolute atomic E-state index is 0.395. The lowest BCUT2D eigenvalue weighted by Gasteiger charge is -2.22. The first kappa shape index (κ1) is 15.1. The molecular weight excluding hydrogens is 250 g/mol. The van der Waals surface area contributed by atoms with Crippen molar-refractivity contribution in [2.24, 2.45) is 0 Å². The van der Waals surface area contributed by atoms with E-state index in [0.29, 0.717) is 11.9 Å². The van der Waals surface area contributed by atoms with Gasteiger partial charge in [0.05, 0.1) is 14.2 Å². The number of likely N-dealkylation sites (N-methyl/N-ethyl adjacent to an activating group) is 1. The molecule has 0 bridgehead atoms. The number of hydrogen-bond acceptors (Lipinski definition) is 3. The Morgan fingerprint density at radius 1 is 1.22 bits per heavy atom. The number of alkyl halides is 1. The van der Waals surface area contributed by atoms with Crippen LogP contribution in [0, 0.1) is 0 Å². The Hall–Kier alpha value is -0.930. The largest absolute Gasteiger partial charge is 0.493 e. The van der Waals surface area contributed by atoms with Gasteiger partial charge in [-0.25, -0.2) is 0 Å². The van der Waals surface area contributed by atoms with E-state index in [0.717, 1.165) is 24.5 Å². The molecule has 0 saturated carbocycles. The van der Waals surface area contributed by atoms with Gasteiger partial charge in [0.2, 0.25) is 0 Å². The molecule has 1 atom stereocenters. The second kappa shape index (κ2) is 7.49. The molecule has 1 rings (SSSR count). The molecule has 18 heavy (non-hydrogen) atoms. The van der Waals surface area contributed by atoms with E-state index < -0.39 is 0 Å². The highest BCUT2D eigenvalue weighted by atomic mass is 35.5. The van der Waals surface area contributed by atoms with Crippen molar-refractivity contribution in [2.45, 2.75) is 19.4 Å². The van der Waals surface area contributed by atoms with E-state index in [2.05, 4.69) is 24.9 Å². The molecule has 1 unspecified atom stereocenters. The lowest BCUT2D eigenvalue weighted by atomic mass is 10.1. The molecule has 0 saturated heterocycles. The fourth-order valence-corrected chi connectivity index (χ4v) is 1.92. The van der Waals surface area contributed by atoms with Crippen molar-refractivity contribution in [1.29, 1.82) is 0 Å². The van der Waals surface area contributed by atoms with E-state index in [-0.39, 0.29) is 0 Å². The Bertz CT molecular complexity index is 371. The smallest absolute Gasteiger partial charge is 0.160 e. The summed E-state index contributed by atoms with van der Waals surface area (Å²) in [6.07, 6.45) is 0.970. The number of benzene rings is 1. The molecule has 102 valence electrons. The molecule has 0 aliphatic rings. The van der Waals surface area contributed by atoms with Crippen molar-refractivity contribution in [3.63, 3.8) is 0 Å². The summed E-state index contributed by atoms with van der Waals surface area (Å²) in [4.78, 5) is 2.25. The molecule has 0 spiro atoms. The SMILES string of the molecule is COc1ccc(CCN(C)C(C)CCl)cc1OC. The molecule has 0 aliphatic heterocycles. The van der Waals surface area contributed by atoms with Crippen molar-refractivity contribution in [3.8, 4) is 11.5 Å². The average molecular weight is 272 g/mol. The van der Waals surface area contributed by atoms with Crippen LogP contribution in [0.1, 0.15) is 12.5 Å². The third-order valence-corrected chi connectivity index (χ3v) is 3.62. The molecule has 1 aromatic carbocycles. The lowest BCUT2D eigenvalue weighted by molar-refractivity contribution is 0.280. The summed E-state index contributed by atoms with van der Waals surface area (Å²) in [7, 11) is 5.39. The van der Waals surface area contributed by atoms with Crippen LogP contribution in [0.2, 0.25) is 0 Å². The van der Waals surface area contributed by atoms with Crippen LogP contribution in [-0.2, 0) is 6.42 Å². The third kappa shape index (κ3) is 4.07. The highest BCUT2D eigenvalue weighted by Gasteiger charge is 2.09. The number of ether oxygens (including phenoxy) is 2. The number of nitrogens with zero attached hydrogens (tertiary/aromatic N) is 1. The van der Waals surface area contributed by atoms with Crippen molar-refractivity contribution < 1.29 is 9.47 Å². The van der Waals surface area contributed by atoms with Crippen LogP contribution in [0.15, 0.2) is 18.2 Å². The molecule has 0 radical (unpaired) electrons. The van der Waals surface area contributed by atoms with Gasteiger partial charge in [0.1, 0.15) is 0 Å². The molecule has 4 heteroatoms. The van der Waals surface area contributed by atoms with Gasteiger partial charge in [-0.3, -0.25) is 0 Å². The Labute approximate surface area is 115 Å². The van der Waals surface area contributed by atoms with Gasteiger partial charge in [-0.05, 0) is 38.1 Å². The van der Waals surface area contributed by atoms with Crippen molar-refractivity contribution in [1.82, 2.24) is 4.90 Å². The van der Waals surface area contributed by atoms with Gasteiger partial charge in [0.15, 0.2) is 11.5 Å². The molecule has 0 aliphatic carbocycles. The molecule has 0 fully saturated rings. The zero-order valence-electron chi connectivity index (χ0n) is 11.6. The summed E-state index contributed by atoms with van der Waals surface area (Å²) in [5.41, 5.74) is 1.24. The predicted octanol–water partition coefficient (Wildman–Crippen LogP) is 2.81. The lowest BCUT2D eigenvalue weighted by Crippen LogP contribution is -2.32. The van der Waals surface area contributed by atoms with Gasteiger partial charge in [-0.1, -0.05) is 6.07 Å². The fourth-order valence-electron chi connectivity index (χ4n) is 1.68. The van der Waals surface area contributed by atoms with Gasteiger partial charge in [-0.2, -0.15) is 0 Å². The molecule has 0 aromatic heterocycles. The average Bonchev–Trinajstić information content (AvgIpc) is 2.43. The number of hydrogen-bond donors (Lipinski definition) is 0. The van der Waals surface area contributed by atoms with Gasteiger partial charge >= 0.3 is 0 Å². The van der Waals surface area contributed by atoms with Crippen molar-refractivity contribution in [3.05, 3.63) is 23.8 Å². The topological polar surface area (TPSA) is 21.7 Å². The maximum Gasteiger partial charge on any atom is 0.160 e. The summed E-state index contributed by atoms with van der Waals surface area (Å²) in [6, 6.07) is 6.43. The minimum atomic E-state index is 0.395. The van der Waals surface area contributed by atoms with E-state index >= 15 is 0 Å². The third-order valence-electron chi connectivity index (χ3n) is 3.18. The van der Waals surface area contributed by atoms with Crippen LogP contribution in [0.5, 0.6) is 11.5 Å². The highest BCUT2D eigenvalue weighted by Crippen LogP contribution is 2.27. The van der Waals surface area contributed by atoms with Crippen LogP contribution in [-0.4, -0.2) is 44.6 Å². The Morgan fingerprint density at radius 3 is 2.44 bits per heavy atom. The second-order valence-electron chi connectivity index (χ2n) is 4.42. The number of halogens is 1. The zero-order valence-corrected chi connectivity index (χ0v) is 12.3. The highest BCUT2D eigenvalue weighted by molar-refractivity contribution is 6.18. The monoisotopic (exact) mass is 271 g/mol. The first-order chi connectivity index (χ1) is 8.62. The van der Waals surface area contributed by atoms with E-state index in [1.165, 1.54) is 5.56 Å². The molecule has 0 amide bonds. The summed E-state index contributed by atoms with van der Waals surface area (Å²) in [5.74, 6) is 2.20. The van der Waals surface area contributed by atoms with Crippen LogP contribution < -0.4 is 9.47 Å². The van der Waals surface area contributed by atoms with E-state index in [4.69, 9.17) is 21.1 Å². The normalized spacial score (nSPS) is 12.6. The van der Waals surface area contributed by atoms with Gasteiger partial charge in [0, 0.05) is 18.5 Å². The van der Waals surface area contributed by atoms with Crippen LogP contribution in [0.4, 0.5) is 0 Å². The maximum absolute atomic E-state index is 5.84. The van der Waals surface area contributed by atoms with E-state index in [1.54, 1.807) is 14.2 Å². The molecule has 1 aromatic rings. The minimum Gasteiger partial charge on any atom is -0.493 e. The van der Waals surface area contributed by atoms with Gasteiger partial charge < -0.3 is 14.4 Å². The van der Waals surface area contributed by atoms with Crippen molar-refractivity contribution in [2.75, 3.05) is 33.7 Å². The van der Waals surface area contributed by atoms with E-state index in [9.17, 15) is 0 Å².